The van der Waals surface area contributed by atoms with Crippen molar-refractivity contribution in [2.75, 3.05) is 11.5 Å². The van der Waals surface area contributed by atoms with Crippen LogP contribution in [0.15, 0.2) is 54.6 Å². The lowest BCUT2D eigenvalue weighted by atomic mass is 9.61. The second-order valence-electron chi connectivity index (χ2n) is 13.9. The van der Waals surface area contributed by atoms with Gasteiger partial charge in [-0.25, -0.2) is 0 Å². The summed E-state index contributed by atoms with van der Waals surface area (Å²) >= 11 is 0. The molecule has 1 aliphatic rings. The van der Waals surface area contributed by atoms with Gasteiger partial charge in [0.05, 0.1) is 0 Å². The number of anilines is 2. The van der Waals surface area contributed by atoms with Crippen molar-refractivity contribution >= 4 is 49.1 Å². The normalized spacial score (nSPS) is 15.2. The zero-order chi connectivity index (χ0) is 28.9. The summed E-state index contributed by atoms with van der Waals surface area (Å²) in [6.07, 6.45) is 0. The van der Waals surface area contributed by atoms with Gasteiger partial charge in [0, 0.05) is 11.4 Å². The average Bonchev–Trinajstić information content (AvgIpc) is 2.81. The Labute approximate surface area is 236 Å². The number of hydrogen-bond donors (Lipinski definition) is 2. The van der Waals surface area contributed by atoms with Crippen LogP contribution in [0.1, 0.15) is 84.6 Å². The van der Waals surface area contributed by atoms with Gasteiger partial charge >= 0.3 is 21.4 Å². The number of nitrogen functional groups attached to an aromatic ring is 2. The molecular formula is C31H43B3N2O3. The third-order valence-electron chi connectivity index (χ3n) is 7.38. The van der Waals surface area contributed by atoms with Crippen molar-refractivity contribution in [3.05, 3.63) is 76.9 Å². The fraction of sp³-hybridized carbons (Fsp3) is 0.419. The molecule has 8 heteroatoms. The fourth-order valence-corrected chi connectivity index (χ4v) is 5.40. The monoisotopic (exact) mass is 524 g/mol. The predicted molar refractivity (Wildman–Crippen MR) is 168 cm³/mol. The maximum atomic E-state index is 6.50. The Morgan fingerprint density at radius 1 is 0.487 bits per heavy atom. The zero-order valence-corrected chi connectivity index (χ0v) is 25.3. The Bertz CT molecular complexity index is 1190. The van der Waals surface area contributed by atoms with Crippen LogP contribution in [-0.4, -0.2) is 21.4 Å². The summed E-state index contributed by atoms with van der Waals surface area (Å²) < 4.78 is 19.3. The fourth-order valence-electron chi connectivity index (χ4n) is 5.40. The van der Waals surface area contributed by atoms with Gasteiger partial charge in [0.25, 0.3) is 0 Å². The highest BCUT2D eigenvalue weighted by Crippen LogP contribution is 2.29. The minimum atomic E-state index is -0.670. The number of aryl methyl sites for hydroxylation is 1. The van der Waals surface area contributed by atoms with Crippen LogP contribution in [0.3, 0.4) is 0 Å². The van der Waals surface area contributed by atoms with E-state index in [1.165, 1.54) is 11.1 Å². The van der Waals surface area contributed by atoms with Gasteiger partial charge in [-0.2, -0.15) is 0 Å². The molecule has 0 radical (unpaired) electrons. The quantitative estimate of drug-likeness (QED) is 0.387. The molecule has 5 nitrogen and oxygen atoms in total. The highest BCUT2D eigenvalue weighted by molar-refractivity contribution is 6.87. The van der Waals surface area contributed by atoms with Crippen LogP contribution in [0.2, 0.25) is 0 Å². The molecule has 1 aliphatic heterocycles. The summed E-state index contributed by atoms with van der Waals surface area (Å²) in [5.41, 5.74) is 21.7. The van der Waals surface area contributed by atoms with Crippen LogP contribution in [0.25, 0.3) is 0 Å². The molecule has 0 unspecified atom stereocenters. The van der Waals surface area contributed by atoms with E-state index in [1.807, 2.05) is 24.3 Å². The largest absolute Gasteiger partial charge is 0.467 e. The summed E-state index contributed by atoms with van der Waals surface area (Å²) in [6, 6.07) is 18.5. The van der Waals surface area contributed by atoms with Crippen molar-refractivity contribution in [3.63, 3.8) is 0 Å². The Kier molecular flexibility index (Phi) is 7.81. The van der Waals surface area contributed by atoms with Crippen LogP contribution in [-0.2, 0) is 30.0 Å². The van der Waals surface area contributed by atoms with E-state index in [9.17, 15) is 0 Å². The number of hydrogen-bond acceptors (Lipinski definition) is 5. The van der Waals surface area contributed by atoms with Gasteiger partial charge in [-0.15, -0.1) is 0 Å². The van der Waals surface area contributed by atoms with Crippen LogP contribution in [0.4, 0.5) is 11.4 Å². The van der Waals surface area contributed by atoms with Crippen molar-refractivity contribution < 1.29 is 13.7 Å². The van der Waals surface area contributed by atoms with Crippen molar-refractivity contribution in [3.8, 4) is 0 Å². The average molecular weight is 524 g/mol. The van der Waals surface area contributed by atoms with E-state index < -0.39 is 21.4 Å². The first-order valence-corrected chi connectivity index (χ1v) is 13.8. The van der Waals surface area contributed by atoms with E-state index in [0.29, 0.717) is 0 Å². The van der Waals surface area contributed by atoms with E-state index in [1.54, 1.807) is 0 Å². The molecule has 0 aliphatic carbocycles. The van der Waals surface area contributed by atoms with Crippen LogP contribution in [0, 0.1) is 6.92 Å². The van der Waals surface area contributed by atoms with Crippen LogP contribution < -0.4 is 27.9 Å². The van der Waals surface area contributed by atoms with Gasteiger partial charge in [0.2, 0.25) is 0 Å². The minimum Gasteiger partial charge on any atom is -0.445 e. The lowest BCUT2D eigenvalue weighted by Gasteiger charge is -2.33. The Balaban J connectivity index is 1.74. The highest BCUT2D eigenvalue weighted by atomic mass is 16.7. The number of rotatable bonds is 3. The molecular weight excluding hydrogens is 481 g/mol. The molecule has 1 heterocycles. The molecule has 0 saturated carbocycles. The molecule has 0 amide bonds. The maximum absolute atomic E-state index is 6.50. The minimum absolute atomic E-state index is 0.0454. The Hall–Kier alpha value is -2.67. The summed E-state index contributed by atoms with van der Waals surface area (Å²) in [6.45, 7) is 21.7. The molecule has 0 bridgehead atoms. The van der Waals surface area contributed by atoms with E-state index in [-0.39, 0.29) is 16.2 Å². The van der Waals surface area contributed by atoms with Crippen LogP contribution in [0.5, 0.6) is 0 Å². The smallest absolute Gasteiger partial charge is 0.445 e. The van der Waals surface area contributed by atoms with Gasteiger partial charge in [0.1, 0.15) is 0 Å². The topological polar surface area (TPSA) is 79.7 Å². The Morgan fingerprint density at radius 2 is 0.795 bits per heavy atom. The standard InChI is InChI=1S/C31H43B3N2O3/c1-20-17-21(11-14-24(20)29(2,3)4)32-37-33(22-12-15-25(27(35)18-22)30(5,6)7)39-34(38-32)23-13-16-26(28(36)19-23)31(8,9)10/h11-19H,35-36H2,1-10H3. The third-order valence-corrected chi connectivity index (χ3v) is 7.38. The zero-order valence-electron chi connectivity index (χ0n) is 25.3. The molecule has 1 fully saturated rings. The molecule has 1 saturated heterocycles. The number of nitrogens with two attached hydrogens (primary N) is 2. The molecule has 204 valence electrons. The highest BCUT2D eigenvalue weighted by Gasteiger charge is 2.44. The van der Waals surface area contributed by atoms with Gasteiger partial charge in [-0.05, 0) is 73.9 Å². The molecule has 0 aromatic heterocycles. The maximum Gasteiger partial charge on any atom is 0.467 e. The van der Waals surface area contributed by atoms with E-state index in [4.69, 9.17) is 25.2 Å². The molecule has 3 aromatic carbocycles. The lowest BCUT2D eigenvalue weighted by molar-refractivity contribution is 0.308. The predicted octanol–water partition coefficient (Wildman–Crippen LogP) is 4.60. The SMILES string of the molecule is Cc1cc(B2OB(c3ccc(C(C)(C)C)c(N)c3)OB(c3ccc(C(C)(C)C)c(N)c3)O2)ccc1C(C)(C)C. The van der Waals surface area contributed by atoms with Gasteiger partial charge in [0.15, 0.2) is 0 Å². The van der Waals surface area contributed by atoms with E-state index in [0.717, 1.165) is 38.9 Å². The molecule has 3 aromatic rings. The van der Waals surface area contributed by atoms with Gasteiger partial charge in [-0.3, -0.25) is 0 Å². The first kappa shape index (κ1) is 29.3. The van der Waals surface area contributed by atoms with Crippen molar-refractivity contribution in [2.45, 2.75) is 85.5 Å². The second kappa shape index (κ2) is 10.4. The molecule has 0 atom stereocenters. The van der Waals surface area contributed by atoms with Crippen molar-refractivity contribution in [1.29, 1.82) is 0 Å². The number of benzene rings is 3. The second-order valence-corrected chi connectivity index (χ2v) is 13.9. The van der Waals surface area contributed by atoms with Crippen LogP contribution >= 0.6 is 0 Å². The lowest BCUT2D eigenvalue weighted by Crippen LogP contribution is -2.61. The first-order valence-electron chi connectivity index (χ1n) is 13.8. The van der Waals surface area contributed by atoms with E-state index in [2.05, 4.69) is 99.6 Å². The summed E-state index contributed by atoms with van der Waals surface area (Å²) in [7, 11) is -1.97. The molecule has 4 N–H and O–H groups in total. The first-order chi connectivity index (χ1) is 17.9. The molecule has 39 heavy (non-hydrogen) atoms. The van der Waals surface area contributed by atoms with Gasteiger partial charge in [-0.1, -0.05) is 105 Å². The summed E-state index contributed by atoms with van der Waals surface area (Å²) in [4.78, 5) is 0. The summed E-state index contributed by atoms with van der Waals surface area (Å²) in [5, 5.41) is 0. The van der Waals surface area contributed by atoms with Crippen molar-refractivity contribution in [2.24, 2.45) is 0 Å². The van der Waals surface area contributed by atoms with Gasteiger partial charge < -0.3 is 25.2 Å². The molecule has 4 rings (SSSR count). The third kappa shape index (κ3) is 6.40. The van der Waals surface area contributed by atoms with E-state index >= 15 is 0 Å². The van der Waals surface area contributed by atoms with Crippen molar-refractivity contribution in [1.82, 2.24) is 0 Å². The summed E-state index contributed by atoms with van der Waals surface area (Å²) in [5.74, 6) is 0. The Morgan fingerprint density at radius 3 is 1.08 bits per heavy atom. The molecule has 0 spiro atoms.